The number of ketones is 1. The summed E-state index contributed by atoms with van der Waals surface area (Å²) in [6.07, 6.45) is 1.28. The van der Waals surface area contributed by atoms with E-state index in [4.69, 9.17) is 16.7 Å². The van der Waals surface area contributed by atoms with E-state index in [2.05, 4.69) is 13.2 Å². The highest BCUT2D eigenvalue weighted by Crippen LogP contribution is 1.92. The number of hydrogen-bond acceptors (Lipinski definition) is 2. The number of allylic oxidation sites excluding steroid dienone is 1. The van der Waals surface area contributed by atoms with Crippen LogP contribution in [0.1, 0.15) is 6.92 Å². The fourth-order valence-corrected chi connectivity index (χ4v) is 0. The summed E-state index contributed by atoms with van der Waals surface area (Å²) in [7, 11) is 0. The van der Waals surface area contributed by atoms with Gasteiger partial charge in [-0.3, -0.25) is 4.79 Å². The second-order valence-electron chi connectivity index (χ2n) is 1.52. The number of halogens is 1. The molecule has 3 nitrogen and oxygen atoms in total. The average Bonchev–Trinajstić information content (AvgIpc) is 1.89. The minimum atomic E-state index is -1.17. The van der Waals surface area contributed by atoms with Gasteiger partial charge in [0, 0.05) is 0 Å². The lowest BCUT2D eigenvalue weighted by atomic mass is 10.5. The van der Waals surface area contributed by atoms with E-state index >= 15 is 0 Å². The monoisotopic (exact) mass is 176 g/mol. The summed E-state index contributed by atoms with van der Waals surface area (Å²) in [4.78, 5) is 19.2. The predicted molar refractivity (Wildman–Crippen MR) is 43.5 cm³/mol. The normalized spacial score (nSPS) is 7.09. The van der Waals surface area contributed by atoms with Gasteiger partial charge in [0.2, 0.25) is 0 Å². The second kappa shape index (κ2) is 7.02. The summed E-state index contributed by atoms with van der Waals surface area (Å²) in [6.45, 7) is 7.60. The molecule has 0 aliphatic rings. The molecule has 11 heavy (non-hydrogen) atoms. The number of carboxylic acid groups (broad SMARTS) is 1. The van der Waals surface area contributed by atoms with E-state index in [-0.39, 0.29) is 10.8 Å². The van der Waals surface area contributed by atoms with Crippen molar-refractivity contribution in [3.8, 4) is 0 Å². The van der Waals surface area contributed by atoms with Gasteiger partial charge in [0.25, 0.3) is 0 Å². The van der Waals surface area contributed by atoms with Gasteiger partial charge in [0.05, 0.1) is 0 Å². The Morgan fingerprint density at radius 3 is 1.73 bits per heavy atom. The predicted octanol–water partition coefficient (Wildman–Crippen LogP) is 1.58. The Balaban J connectivity index is 0. The first-order valence-corrected chi connectivity index (χ1v) is 3.00. The summed E-state index contributed by atoms with van der Waals surface area (Å²) >= 11 is 4.82. The van der Waals surface area contributed by atoms with Crippen LogP contribution in [0.3, 0.4) is 0 Å². The molecule has 0 aliphatic heterocycles. The van der Waals surface area contributed by atoms with E-state index in [1.54, 1.807) is 0 Å². The zero-order valence-corrected chi connectivity index (χ0v) is 6.89. The molecule has 0 bridgehead atoms. The number of carbonyl (C=O) groups is 2. The molecule has 0 heterocycles. The molecular formula is C7H9ClO3. The van der Waals surface area contributed by atoms with Crippen LogP contribution < -0.4 is 0 Å². The van der Waals surface area contributed by atoms with Crippen LogP contribution in [-0.2, 0) is 9.59 Å². The van der Waals surface area contributed by atoms with Gasteiger partial charge in [-0.1, -0.05) is 24.8 Å². The van der Waals surface area contributed by atoms with Crippen molar-refractivity contribution in [2.75, 3.05) is 0 Å². The van der Waals surface area contributed by atoms with E-state index in [0.29, 0.717) is 0 Å². The van der Waals surface area contributed by atoms with Crippen LogP contribution in [0.4, 0.5) is 0 Å². The van der Waals surface area contributed by atoms with Gasteiger partial charge in [0.15, 0.2) is 5.78 Å². The average molecular weight is 177 g/mol. The highest BCUT2D eigenvalue weighted by atomic mass is 35.5. The van der Waals surface area contributed by atoms with Gasteiger partial charge >= 0.3 is 5.97 Å². The molecular weight excluding hydrogens is 168 g/mol. The maximum absolute atomic E-state index is 9.69. The van der Waals surface area contributed by atoms with Crippen molar-refractivity contribution in [3.05, 3.63) is 24.3 Å². The quantitative estimate of drug-likeness (QED) is 0.650. The number of carboxylic acids is 1. The number of hydrogen-bond donors (Lipinski definition) is 1. The lowest BCUT2D eigenvalue weighted by Gasteiger charge is -1.76. The summed E-state index contributed by atoms with van der Waals surface area (Å²) < 4.78 is 0. The molecule has 0 saturated heterocycles. The van der Waals surface area contributed by atoms with Crippen LogP contribution in [0.2, 0.25) is 0 Å². The van der Waals surface area contributed by atoms with Gasteiger partial charge in [0.1, 0.15) is 5.03 Å². The minimum Gasteiger partial charge on any atom is -0.477 e. The molecule has 0 spiro atoms. The Morgan fingerprint density at radius 2 is 1.73 bits per heavy atom. The van der Waals surface area contributed by atoms with Crippen LogP contribution in [0.15, 0.2) is 24.3 Å². The fraction of sp³-hybridized carbons (Fsp3) is 0.143. The van der Waals surface area contributed by atoms with Gasteiger partial charge in [-0.2, -0.15) is 0 Å². The SMILES string of the molecule is C=C(Cl)C(=O)O.C=CC(C)=O. The Hall–Kier alpha value is -1.09. The smallest absolute Gasteiger partial charge is 0.346 e. The Morgan fingerprint density at radius 1 is 1.55 bits per heavy atom. The molecule has 0 amide bonds. The first-order valence-electron chi connectivity index (χ1n) is 2.62. The van der Waals surface area contributed by atoms with Gasteiger partial charge < -0.3 is 5.11 Å². The zero-order chi connectivity index (χ0) is 9.44. The van der Waals surface area contributed by atoms with Crippen molar-refractivity contribution in [1.82, 2.24) is 0 Å². The minimum absolute atomic E-state index is 0.0185. The second-order valence-corrected chi connectivity index (χ2v) is 1.98. The third-order valence-electron chi connectivity index (χ3n) is 0.520. The molecule has 62 valence electrons. The van der Waals surface area contributed by atoms with E-state index < -0.39 is 5.97 Å². The van der Waals surface area contributed by atoms with Gasteiger partial charge in [-0.05, 0) is 13.0 Å². The van der Waals surface area contributed by atoms with Crippen molar-refractivity contribution in [2.45, 2.75) is 6.92 Å². The molecule has 0 radical (unpaired) electrons. The van der Waals surface area contributed by atoms with Crippen molar-refractivity contribution < 1.29 is 14.7 Å². The molecule has 0 fully saturated rings. The largest absolute Gasteiger partial charge is 0.477 e. The van der Waals surface area contributed by atoms with E-state index in [9.17, 15) is 9.59 Å². The molecule has 0 unspecified atom stereocenters. The number of aliphatic carboxylic acids is 1. The van der Waals surface area contributed by atoms with Crippen molar-refractivity contribution in [2.24, 2.45) is 0 Å². The molecule has 4 heteroatoms. The van der Waals surface area contributed by atoms with Crippen LogP contribution in [0.5, 0.6) is 0 Å². The highest BCUT2D eigenvalue weighted by molar-refractivity contribution is 6.40. The van der Waals surface area contributed by atoms with Crippen molar-refractivity contribution in [1.29, 1.82) is 0 Å². The molecule has 0 saturated carbocycles. The summed E-state index contributed by atoms with van der Waals surface area (Å²) in [5.74, 6) is -1.15. The van der Waals surface area contributed by atoms with Crippen LogP contribution in [-0.4, -0.2) is 16.9 Å². The van der Waals surface area contributed by atoms with Crippen LogP contribution in [0, 0.1) is 0 Å². The molecule has 0 rings (SSSR count). The molecule has 0 aromatic heterocycles. The van der Waals surface area contributed by atoms with E-state index in [1.807, 2.05) is 0 Å². The molecule has 0 aliphatic carbocycles. The summed E-state index contributed by atoms with van der Waals surface area (Å²) in [5, 5.41) is 7.41. The molecule has 0 aromatic carbocycles. The van der Waals surface area contributed by atoms with E-state index in [0.717, 1.165) is 0 Å². The zero-order valence-electron chi connectivity index (χ0n) is 6.13. The summed E-state index contributed by atoms with van der Waals surface area (Å²) in [6, 6.07) is 0. The fourth-order valence-electron chi connectivity index (χ4n) is 0. The summed E-state index contributed by atoms with van der Waals surface area (Å²) in [5.41, 5.74) is 0. The number of carbonyl (C=O) groups excluding carboxylic acids is 1. The maximum Gasteiger partial charge on any atom is 0.346 e. The van der Waals surface area contributed by atoms with Crippen LogP contribution in [0.25, 0.3) is 0 Å². The van der Waals surface area contributed by atoms with Crippen LogP contribution >= 0.6 is 11.6 Å². The molecule has 0 aromatic rings. The molecule has 1 N–H and O–H groups in total. The van der Waals surface area contributed by atoms with Gasteiger partial charge in [-0.15, -0.1) is 0 Å². The Kier molecular flexibility index (Phi) is 8.03. The highest BCUT2D eigenvalue weighted by Gasteiger charge is 1.93. The number of rotatable bonds is 2. The Bertz CT molecular complexity index is 172. The first kappa shape index (κ1) is 12.6. The third-order valence-corrected chi connectivity index (χ3v) is 0.681. The lowest BCUT2D eigenvalue weighted by Crippen LogP contribution is -1.89. The topological polar surface area (TPSA) is 54.4 Å². The third kappa shape index (κ3) is 17.6. The lowest BCUT2D eigenvalue weighted by molar-refractivity contribution is -0.131. The first-order chi connectivity index (χ1) is 4.91. The van der Waals surface area contributed by atoms with Gasteiger partial charge in [-0.25, -0.2) is 4.79 Å². The van der Waals surface area contributed by atoms with Crippen molar-refractivity contribution in [3.63, 3.8) is 0 Å². The standard InChI is InChI=1S/C4H6O.C3H3ClO2/c1-3-4(2)5;1-2(4)3(5)6/h3H,1H2,2H3;1H2,(H,5,6). The maximum atomic E-state index is 9.69. The molecule has 0 atom stereocenters. The Labute approximate surface area is 70.0 Å². The van der Waals surface area contributed by atoms with Crippen molar-refractivity contribution >= 4 is 23.4 Å². The van der Waals surface area contributed by atoms with E-state index in [1.165, 1.54) is 13.0 Å².